The number of rotatable bonds is 3. The van der Waals surface area contributed by atoms with Crippen LogP contribution in [-0.4, -0.2) is 19.7 Å². The van der Waals surface area contributed by atoms with E-state index in [9.17, 15) is 9.50 Å². The van der Waals surface area contributed by atoms with Crippen LogP contribution < -0.4 is 0 Å². The minimum absolute atomic E-state index is 0.130. The fraction of sp³-hybridized carbons (Fsp3) is 0.286. The molecule has 0 aliphatic carbocycles. The summed E-state index contributed by atoms with van der Waals surface area (Å²) in [5.74, 6) is -0.0953. The maximum atomic E-state index is 13.8. The van der Waals surface area contributed by atoms with Gasteiger partial charge in [-0.05, 0) is 18.1 Å². The number of aliphatic hydroxyl groups is 1. The Morgan fingerprint density at radius 1 is 1.35 bits per heavy atom. The third-order valence-corrected chi connectivity index (χ3v) is 4.07. The van der Waals surface area contributed by atoms with Crippen LogP contribution in [0.2, 0.25) is 0 Å². The Balaban J connectivity index is 2.18. The second-order valence-electron chi connectivity index (χ2n) is 4.84. The number of benzene rings is 1. The average molecular weight is 291 g/mol. The van der Waals surface area contributed by atoms with Crippen LogP contribution in [-0.2, 0) is 6.61 Å². The van der Waals surface area contributed by atoms with Gasteiger partial charge < -0.3 is 5.11 Å². The van der Waals surface area contributed by atoms with Crippen molar-refractivity contribution in [2.75, 3.05) is 0 Å². The Bertz CT molecular complexity index is 763. The highest BCUT2D eigenvalue weighted by atomic mass is 32.1. The van der Waals surface area contributed by atoms with E-state index in [1.165, 1.54) is 17.4 Å². The molecule has 0 atom stereocenters. The van der Waals surface area contributed by atoms with Crippen molar-refractivity contribution in [3.63, 3.8) is 0 Å². The van der Waals surface area contributed by atoms with Gasteiger partial charge in [0, 0.05) is 5.56 Å². The van der Waals surface area contributed by atoms with Crippen LogP contribution >= 0.6 is 11.3 Å². The lowest BCUT2D eigenvalue weighted by Gasteiger charge is -2.03. The Kier molecular flexibility index (Phi) is 3.27. The number of aromatic nitrogens is 3. The first-order valence-corrected chi connectivity index (χ1v) is 7.17. The monoisotopic (exact) mass is 291 g/mol. The first-order valence-electron chi connectivity index (χ1n) is 6.36. The van der Waals surface area contributed by atoms with Gasteiger partial charge in [-0.3, -0.25) is 0 Å². The molecule has 2 aromatic heterocycles. The number of aliphatic hydroxyl groups excluding tert-OH is 1. The van der Waals surface area contributed by atoms with Gasteiger partial charge in [-0.25, -0.2) is 13.9 Å². The summed E-state index contributed by atoms with van der Waals surface area (Å²) in [7, 11) is 0. The molecule has 6 heteroatoms. The van der Waals surface area contributed by atoms with Gasteiger partial charge in [-0.1, -0.05) is 37.3 Å². The Morgan fingerprint density at radius 2 is 2.10 bits per heavy atom. The van der Waals surface area contributed by atoms with E-state index in [1.807, 2.05) is 13.8 Å². The molecular formula is C14H14FN3OS. The lowest BCUT2D eigenvalue weighted by Crippen LogP contribution is -1.99. The fourth-order valence-corrected chi connectivity index (χ4v) is 3.11. The van der Waals surface area contributed by atoms with E-state index >= 15 is 0 Å². The van der Waals surface area contributed by atoms with E-state index in [4.69, 9.17) is 0 Å². The SMILES string of the molecule is CC(C)c1nc2sc(-c3ccccc3F)nn2c1CO. The molecule has 20 heavy (non-hydrogen) atoms. The number of fused-ring (bicyclic) bond motifs is 1. The van der Waals surface area contributed by atoms with Gasteiger partial charge in [0.05, 0.1) is 18.0 Å². The molecule has 0 spiro atoms. The van der Waals surface area contributed by atoms with Crippen LogP contribution in [0, 0.1) is 5.82 Å². The van der Waals surface area contributed by atoms with Crippen LogP contribution in [0.15, 0.2) is 24.3 Å². The maximum Gasteiger partial charge on any atom is 0.213 e. The van der Waals surface area contributed by atoms with Crippen molar-refractivity contribution in [3.05, 3.63) is 41.5 Å². The third-order valence-electron chi connectivity index (χ3n) is 3.13. The van der Waals surface area contributed by atoms with Crippen molar-refractivity contribution in [3.8, 4) is 10.6 Å². The molecule has 4 nitrogen and oxygen atoms in total. The van der Waals surface area contributed by atoms with E-state index in [2.05, 4.69) is 10.1 Å². The quantitative estimate of drug-likeness (QED) is 0.806. The van der Waals surface area contributed by atoms with E-state index in [0.717, 1.165) is 5.69 Å². The summed E-state index contributed by atoms with van der Waals surface area (Å²) in [6, 6.07) is 6.52. The van der Waals surface area contributed by atoms with Crippen LogP contribution in [0.1, 0.15) is 31.2 Å². The summed E-state index contributed by atoms with van der Waals surface area (Å²) < 4.78 is 15.4. The lowest BCUT2D eigenvalue weighted by molar-refractivity contribution is 0.272. The van der Waals surface area contributed by atoms with Crippen LogP contribution in [0.25, 0.3) is 15.5 Å². The second-order valence-corrected chi connectivity index (χ2v) is 5.79. The summed E-state index contributed by atoms with van der Waals surface area (Å²) in [5, 5.41) is 14.5. The van der Waals surface area contributed by atoms with Gasteiger partial charge in [0.2, 0.25) is 4.96 Å². The average Bonchev–Trinajstić information content (AvgIpc) is 2.95. The van der Waals surface area contributed by atoms with Crippen molar-refractivity contribution in [2.24, 2.45) is 0 Å². The van der Waals surface area contributed by atoms with Crippen molar-refractivity contribution < 1.29 is 9.50 Å². The minimum Gasteiger partial charge on any atom is -0.390 e. The molecule has 0 amide bonds. The molecule has 0 fully saturated rings. The molecule has 0 radical (unpaired) electrons. The highest BCUT2D eigenvalue weighted by Crippen LogP contribution is 2.30. The Hall–Kier alpha value is -1.79. The van der Waals surface area contributed by atoms with E-state index in [1.54, 1.807) is 22.7 Å². The van der Waals surface area contributed by atoms with Gasteiger partial charge in [-0.2, -0.15) is 5.10 Å². The smallest absolute Gasteiger partial charge is 0.213 e. The van der Waals surface area contributed by atoms with Crippen molar-refractivity contribution in [2.45, 2.75) is 26.4 Å². The standard InChI is InChI=1S/C14H14FN3OS/c1-8(2)12-11(7-19)18-14(16-12)20-13(17-18)9-5-3-4-6-10(9)15/h3-6,8,19H,7H2,1-2H3. The predicted molar refractivity (Wildman–Crippen MR) is 76.3 cm³/mol. The zero-order chi connectivity index (χ0) is 14.3. The van der Waals surface area contributed by atoms with Crippen LogP contribution in [0.3, 0.4) is 0 Å². The molecule has 104 valence electrons. The van der Waals surface area contributed by atoms with Crippen molar-refractivity contribution in [1.82, 2.24) is 14.6 Å². The summed E-state index contributed by atoms with van der Waals surface area (Å²) in [5.41, 5.74) is 1.97. The molecule has 0 saturated heterocycles. The zero-order valence-electron chi connectivity index (χ0n) is 11.2. The first-order chi connectivity index (χ1) is 9.61. The molecule has 0 aliphatic heterocycles. The van der Waals surface area contributed by atoms with E-state index < -0.39 is 0 Å². The number of hydrogen-bond donors (Lipinski definition) is 1. The topological polar surface area (TPSA) is 50.4 Å². The first kappa shape index (κ1) is 13.2. The third kappa shape index (κ3) is 2.01. The summed E-state index contributed by atoms with van der Waals surface area (Å²) in [4.78, 5) is 5.17. The maximum absolute atomic E-state index is 13.8. The Labute approximate surface area is 119 Å². The minimum atomic E-state index is -0.306. The highest BCUT2D eigenvalue weighted by molar-refractivity contribution is 7.19. The lowest BCUT2D eigenvalue weighted by atomic mass is 10.1. The molecule has 1 aromatic carbocycles. The molecule has 0 saturated carbocycles. The van der Waals surface area contributed by atoms with Gasteiger partial charge in [-0.15, -0.1) is 0 Å². The van der Waals surface area contributed by atoms with Gasteiger partial charge in [0.25, 0.3) is 0 Å². The highest BCUT2D eigenvalue weighted by Gasteiger charge is 2.19. The summed E-state index contributed by atoms with van der Waals surface area (Å²) in [6.07, 6.45) is 0. The number of hydrogen-bond acceptors (Lipinski definition) is 4. The number of nitrogens with zero attached hydrogens (tertiary/aromatic N) is 3. The summed E-state index contributed by atoms with van der Waals surface area (Å²) in [6.45, 7) is 3.90. The normalized spacial score (nSPS) is 11.7. The Morgan fingerprint density at radius 3 is 2.75 bits per heavy atom. The van der Waals surface area contributed by atoms with Crippen LogP contribution in [0.4, 0.5) is 4.39 Å². The molecule has 0 bridgehead atoms. The van der Waals surface area contributed by atoms with Gasteiger partial charge in [0.15, 0.2) is 5.01 Å². The molecule has 3 aromatic rings. The van der Waals surface area contributed by atoms with E-state index in [0.29, 0.717) is 21.2 Å². The molecule has 3 rings (SSSR count). The van der Waals surface area contributed by atoms with Crippen molar-refractivity contribution in [1.29, 1.82) is 0 Å². The van der Waals surface area contributed by atoms with Gasteiger partial charge >= 0.3 is 0 Å². The second kappa shape index (κ2) is 4.96. The van der Waals surface area contributed by atoms with E-state index in [-0.39, 0.29) is 18.3 Å². The van der Waals surface area contributed by atoms with Crippen LogP contribution in [0.5, 0.6) is 0 Å². The largest absolute Gasteiger partial charge is 0.390 e. The molecule has 1 N–H and O–H groups in total. The van der Waals surface area contributed by atoms with Gasteiger partial charge in [0.1, 0.15) is 5.82 Å². The predicted octanol–water partition coefficient (Wildman–Crippen LogP) is 3.21. The number of halogens is 1. The number of imidazole rings is 1. The molecule has 2 heterocycles. The fourth-order valence-electron chi connectivity index (χ4n) is 2.16. The molecule has 0 unspecified atom stereocenters. The summed E-state index contributed by atoms with van der Waals surface area (Å²) >= 11 is 1.32. The molecular weight excluding hydrogens is 277 g/mol. The molecule has 0 aliphatic rings. The zero-order valence-corrected chi connectivity index (χ0v) is 12.0. The van der Waals surface area contributed by atoms with Crippen molar-refractivity contribution >= 4 is 16.3 Å².